The van der Waals surface area contributed by atoms with Gasteiger partial charge >= 0.3 is 0 Å². The van der Waals surface area contributed by atoms with E-state index in [4.69, 9.17) is 5.73 Å². The van der Waals surface area contributed by atoms with E-state index in [0.29, 0.717) is 22.8 Å². The third kappa shape index (κ3) is 2.57. The van der Waals surface area contributed by atoms with Gasteiger partial charge in [-0.3, -0.25) is 4.79 Å². The summed E-state index contributed by atoms with van der Waals surface area (Å²) in [5, 5.41) is 2.95. The molecule has 1 amide bonds. The number of nitrogens with two attached hydrogens (primary N) is 1. The SMILES string of the molecule is CC(C)C1(CNC(=O)c2cccc(N)n2)CC1. The molecule has 4 nitrogen and oxygen atoms in total. The Kier molecular flexibility index (Phi) is 3.05. The van der Waals surface area contributed by atoms with Gasteiger partial charge in [-0.15, -0.1) is 0 Å². The smallest absolute Gasteiger partial charge is 0.269 e. The van der Waals surface area contributed by atoms with Gasteiger partial charge in [0.15, 0.2) is 0 Å². The van der Waals surface area contributed by atoms with Crippen LogP contribution in [0.3, 0.4) is 0 Å². The lowest BCUT2D eigenvalue weighted by molar-refractivity contribution is 0.0935. The van der Waals surface area contributed by atoms with E-state index < -0.39 is 0 Å². The van der Waals surface area contributed by atoms with E-state index in [-0.39, 0.29) is 5.91 Å². The highest BCUT2D eigenvalue weighted by atomic mass is 16.1. The molecule has 0 saturated heterocycles. The van der Waals surface area contributed by atoms with Gasteiger partial charge in [0.25, 0.3) is 5.91 Å². The fourth-order valence-corrected chi connectivity index (χ4v) is 2.04. The minimum Gasteiger partial charge on any atom is -0.384 e. The summed E-state index contributed by atoms with van der Waals surface area (Å²) in [4.78, 5) is 15.9. The quantitative estimate of drug-likeness (QED) is 0.833. The van der Waals surface area contributed by atoms with Gasteiger partial charge in [-0.25, -0.2) is 4.98 Å². The van der Waals surface area contributed by atoms with E-state index in [0.717, 1.165) is 6.54 Å². The van der Waals surface area contributed by atoms with Gasteiger partial charge in [0, 0.05) is 6.54 Å². The van der Waals surface area contributed by atoms with Gasteiger partial charge < -0.3 is 11.1 Å². The highest BCUT2D eigenvalue weighted by molar-refractivity contribution is 5.92. The summed E-state index contributed by atoms with van der Waals surface area (Å²) in [6.45, 7) is 5.15. The van der Waals surface area contributed by atoms with Crippen molar-refractivity contribution in [3.8, 4) is 0 Å². The van der Waals surface area contributed by atoms with Crippen molar-refractivity contribution >= 4 is 11.7 Å². The molecule has 0 aliphatic heterocycles. The third-order valence-corrected chi connectivity index (χ3v) is 3.72. The number of hydrogen-bond acceptors (Lipinski definition) is 3. The Morgan fingerprint density at radius 1 is 1.53 bits per heavy atom. The minimum atomic E-state index is -0.135. The Morgan fingerprint density at radius 3 is 2.76 bits per heavy atom. The van der Waals surface area contributed by atoms with Crippen molar-refractivity contribution < 1.29 is 4.79 Å². The number of anilines is 1. The molecule has 1 saturated carbocycles. The summed E-state index contributed by atoms with van der Waals surface area (Å²) in [6.07, 6.45) is 2.41. The first kappa shape index (κ1) is 11.9. The van der Waals surface area contributed by atoms with E-state index in [9.17, 15) is 4.79 Å². The molecule has 0 radical (unpaired) electrons. The monoisotopic (exact) mass is 233 g/mol. The highest BCUT2D eigenvalue weighted by Gasteiger charge is 2.45. The largest absolute Gasteiger partial charge is 0.384 e. The number of aromatic nitrogens is 1. The van der Waals surface area contributed by atoms with Crippen LogP contribution < -0.4 is 11.1 Å². The first-order valence-electron chi connectivity index (χ1n) is 6.04. The Morgan fingerprint density at radius 2 is 2.24 bits per heavy atom. The van der Waals surface area contributed by atoms with E-state index in [1.165, 1.54) is 12.8 Å². The van der Waals surface area contributed by atoms with Gasteiger partial charge in [0.1, 0.15) is 11.5 Å². The number of pyridine rings is 1. The number of nitrogens with zero attached hydrogens (tertiary/aromatic N) is 1. The molecule has 0 unspecified atom stereocenters. The van der Waals surface area contributed by atoms with Gasteiger partial charge in [-0.2, -0.15) is 0 Å². The number of nitrogens with one attached hydrogen (secondary N) is 1. The topological polar surface area (TPSA) is 68.0 Å². The number of carbonyl (C=O) groups excluding carboxylic acids is 1. The molecule has 1 fully saturated rings. The van der Waals surface area contributed by atoms with Crippen molar-refractivity contribution in [1.29, 1.82) is 0 Å². The molecule has 1 aromatic rings. The summed E-state index contributed by atoms with van der Waals surface area (Å²) in [5.41, 5.74) is 6.26. The van der Waals surface area contributed by atoms with E-state index in [1.807, 2.05) is 0 Å². The van der Waals surface area contributed by atoms with E-state index >= 15 is 0 Å². The van der Waals surface area contributed by atoms with Crippen LogP contribution in [0.4, 0.5) is 5.82 Å². The highest BCUT2D eigenvalue weighted by Crippen LogP contribution is 2.51. The summed E-state index contributed by atoms with van der Waals surface area (Å²) in [5.74, 6) is 0.850. The fourth-order valence-electron chi connectivity index (χ4n) is 2.04. The summed E-state index contributed by atoms with van der Waals surface area (Å²) >= 11 is 0. The lowest BCUT2D eigenvalue weighted by Crippen LogP contribution is -2.33. The maximum Gasteiger partial charge on any atom is 0.269 e. The normalized spacial score (nSPS) is 16.9. The van der Waals surface area contributed by atoms with Crippen molar-refractivity contribution in [1.82, 2.24) is 10.3 Å². The molecule has 17 heavy (non-hydrogen) atoms. The molecular formula is C13H19N3O. The maximum absolute atomic E-state index is 11.9. The van der Waals surface area contributed by atoms with Crippen LogP contribution >= 0.6 is 0 Å². The lowest BCUT2D eigenvalue weighted by Gasteiger charge is -2.19. The van der Waals surface area contributed by atoms with Gasteiger partial charge in [-0.05, 0) is 36.3 Å². The number of carbonyl (C=O) groups is 1. The van der Waals surface area contributed by atoms with Crippen LogP contribution in [-0.2, 0) is 0 Å². The summed E-state index contributed by atoms with van der Waals surface area (Å²) in [6, 6.07) is 5.10. The van der Waals surface area contributed by atoms with Crippen LogP contribution in [-0.4, -0.2) is 17.4 Å². The molecule has 4 heteroatoms. The molecule has 2 rings (SSSR count). The standard InChI is InChI=1S/C13H19N3O/c1-9(2)13(6-7-13)8-15-12(17)10-4-3-5-11(14)16-10/h3-5,9H,6-8H2,1-2H3,(H2,14,16)(H,15,17). The lowest BCUT2D eigenvalue weighted by atomic mass is 9.92. The third-order valence-electron chi connectivity index (χ3n) is 3.72. The Balaban J connectivity index is 1.94. The molecule has 1 heterocycles. The maximum atomic E-state index is 11.9. The van der Waals surface area contributed by atoms with Crippen molar-refractivity contribution in [2.45, 2.75) is 26.7 Å². The van der Waals surface area contributed by atoms with Crippen LogP contribution in [0.1, 0.15) is 37.2 Å². The fraction of sp³-hybridized carbons (Fsp3) is 0.538. The predicted octanol–water partition coefficient (Wildman–Crippen LogP) is 1.83. The zero-order valence-electron chi connectivity index (χ0n) is 10.4. The van der Waals surface area contributed by atoms with Gasteiger partial charge in [-0.1, -0.05) is 19.9 Å². The van der Waals surface area contributed by atoms with Crippen LogP contribution in [0.5, 0.6) is 0 Å². The number of nitrogen functional groups attached to an aromatic ring is 1. The molecule has 1 aromatic heterocycles. The average molecular weight is 233 g/mol. The molecule has 92 valence electrons. The first-order valence-corrected chi connectivity index (χ1v) is 6.04. The zero-order chi connectivity index (χ0) is 12.5. The first-order chi connectivity index (χ1) is 8.03. The minimum absolute atomic E-state index is 0.135. The Bertz CT molecular complexity index is 424. The van der Waals surface area contributed by atoms with E-state index in [1.54, 1.807) is 18.2 Å². The molecule has 3 N–H and O–H groups in total. The van der Waals surface area contributed by atoms with E-state index in [2.05, 4.69) is 24.1 Å². The second kappa shape index (κ2) is 4.35. The Labute approximate surface area is 102 Å². The van der Waals surface area contributed by atoms with Crippen LogP contribution in [0.15, 0.2) is 18.2 Å². The molecular weight excluding hydrogens is 214 g/mol. The molecule has 1 aliphatic carbocycles. The molecule has 0 atom stereocenters. The molecule has 1 aliphatic rings. The number of amides is 1. The molecule has 0 bridgehead atoms. The number of rotatable bonds is 4. The zero-order valence-corrected chi connectivity index (χ0v) is 10.4. The van der Waals surface area contributed by atoms with Crippen molar-refractivity contribution in [2.24, 2.45) is 11.3 Å². The summed E-state index contributed by atoms with van der Waals surface area (Å²) < 4.78 is 0. The van der Waals surface area contributed by atoms with Crippen LogP contribution in [0, 0.1) is 11.3 Å². The second-order valence-corrected chi connectivity index (χ2v) is 5.15. The predicted molar refractivity (Wildman–Crippen MR) is 67.5 cm³/mol. The summed E-state index contributed by atoms with van der Waals surface area (Å²) in [7, 11) is 0. The van der Waals surface area contributed by atoms with Crippen molar-refractivity contribution in [3.05, 3.63) is 23.9 Å². The molecule has 0 aromatic carbocycles. The Hall–Kier alpha value is -1.58. The number of hydrogen-bond donors (Lipinski definition) is 2. The van der Waals surface area contributed by atoms with Crippen LogP contribution in [0.2, 0.25) is 0 Å². The van der Waals surface area contributed by atoms with Crippen molar-refractivity contribution in [3.63, 3.8) is 0 Å². The molecule has 0 spiro atoms. The van der Waals surface area contributed by atoms with Crippen LogP contribution in [0.25, 0.3) is 0 Å². The second-order valence-electron chi connectivity index (χ2n) is 5.15. The van der Waals surface area contributed by atoms with Crippen molar-refractivity contribution in [2.75, 3.05) is 12.3 Å². The van der Waals surface area contributed by atoms with Gasteiger partial charge in [0.2, 0.25) is 0 Å². The average Bonchev–Trinajstić information content (AvgIpc) is 3.07. The van der Waals surface area contributed by atoms with Gasteiger partial charge in [0.05, 0.1) is 0 Å².